The highest BCUT2D eigenvalue weighted by Gasteiger charge is 2.23. The Kier molecular flexibility index (Phi) is 3.43. The summed E-state index contributed by atoms with van der Waals surface area (Å²) in [5.74, 6) is 0.448. The molecule has 3 rings (SSSR count). The summed E-state index contributed by atoms with van der Waals surface area (Å²) in [4.78, 5) is 1.61. The van der Waals surface area contributed by atoms with Gasteiger partial charge in [-0.1, -0.05) is 30.3 Å². The minimum Gasteiger partial charge on any atom is -0.507 e. The lowest BCUT2D eigenvalue weighted by Crippen LogP contribution is -3.14. The molecule has 2 heteroatoms. The lowest BCUT2D eigenvalue weighted by molar-refractivity contribution is -0.941. The molecule has 1 aliphatic rings. The van der Waals surface area contributed by atoms with Gasteiger partial charge in [0.15, 0.2) is 0 Å². The Morgan fingerprint density at radius 1 is 1.16 bits per heavy atom. The zero-order valence-electron chi connectivity index (χ0n) is 11.5. The van der Waals surface area contributed by atoms with Crippen molar-refractivity contribution in [2.45, 2.75) is 38.8 Å². The second-order valence-electron chi connectivity index (χ2n) is 5.77. The SMILES string of the molecule is CC1CCCC[NH+]1Cc1c(O)ccc2ccccc12. The van der Waals surface area contributed by atoms with E-state index in [1.807, 2.05) is 12.1 Å². The highest BCUT2D eigenvalue weighted by atomic mass is 16.3. The third-order valence-electron chi connectivity index (χ3n) is 4.50. The summed E-state index contributed by atoms with van der Waals surface area (Å²) in [6.07, 6.45) is 3.97. The molecule has 0 bridgehead atoms. The van der Waals surface area contributed by atoms with Gasteiger partial charge >= 0.3 is 0 Å². The lowest BCUT2D eigenvalue weighted by atomic mass is 9.99. The van der Waals surface area contributed by atoms with E-state index in [1.165, 1.54) is 36.6 Å². The van der Waals surface area contributed by atoms with Gasteiger partial charge in [0.25, 0.3) is 0 Å². The number of fused-ring (bicyclic) bond motifs is 1. The molecule has 2 nitrogen and oxygen atoms in total. The number of phenols is 1. The Labute approximate surface area is 114 Å². The second kappa shape index (κ2) is 5.22. The Hall–Kier alpha value is -1.54. The average molecular weight is 256 g/mol. The third kappa shape index (κ3) is 2.45. The normalized spacial score (nSPS) is 23.6. The van der Waals surface area contributed by atoms with Gasteiger partial charge in [0, 0.05) is 0 Å². The maximum absolute atomic E-state index is 10.2. The van der Waals surface area contributed by atoms with Crippen LogP contribution >= 0.6 is 0 Å². The molecular weight excluding hydrogens is 234 g/mol. The molecule has 1 saturated heterocycles. The van der Waals surface area contributed by atoms with E-state index in [-0.39, 0.29) is 0 Å². The van der Waals surface area contributed by atoms with Crippen LogP contribution in [0.1, 0.15) is 31.7 Å². The fourth-order valence-corrected chi connectivity index (χ4v) is 3.25. The molecule has 0 aliphatic carbocycles. The van der Waals surface area contributed by atoms with E-state index >= 15 is 0 Å². The van der Waals surface area contributed by atoms with Gasteiger partial charge in [-0.2, -0.15) is 0 Å². The van der Waals surface area contributed by atoms with Crippen LogP contribution in [0.15, 0.2) is 36.4 Å². The van der Waals surface area contributed by atoms with Crippen LogP contribution in [-0.2, 0) is 6.54 Å². The van der Waals surface area contributed by atoms with Crippen LogP contribution in [0, 0.1) is 0 Å². The number of piperidine rings is 1. The number of phenolic OH excluding ortho intramolecular Hbond substituents is 1. The van der Waals surface area contributed by atoms with Crippen molar-refractivity contribution in [3.05, 3.63) is 42.0 Å². The number of aromatic hydroxyl groups is 1. The predicted octanol–water partition coefficient (Wildman–Crippen LogP) is 2.50. The van der Waals surface area contributed by atoms with Crippen LogP contribution in [0.3, 0.4) is 0 Å². The van der Waals surface area contributed by atoms with Gasteiger partial charge in [-0.25, -0.2) is 0 Å². The molecule has 0 radical (unpaired) electrons. The summed E-state index contributed by atoms with van der Waals surface area (Å²) in [6.45, 7) is 4.49. The van der Waals surface area contributed by atoms with Crippen LogP contribution in [-0.4, -0.2) is 17.7 Å². The molecule has 0 amide bonds. The van der Waals surface area contributed by atoms with E-state index in [9.17, 15) is 5.11 Å². The first-order valence-corrected chi connectivity index (χ1v) is 7.30. The van der Waals surface area contributed by atoms with Gasteiger partial charge in [0.2, 0.25) is 0 Å². The van der Waals surface area contributed by atoms with Gasteiger partial charge in [0.1, 0.15) is 12.3 Å². The Morgan fingerprint density at radius 2 is 2.00 bits per heavy atom. The summed E-state index contributed by atoms with van der Waals surface area (Å²) >= 11 is 0. The van der Waals surface area contributed by atoms with Crippen molar-refractivity contribution < 1.29 is 10.0 Å². The van der Waals surface area contributed by atoms with Crippen LogP contribution < -0.4 is 4.90 Å². The fraction of sp³-hybridized carbons (Fsp3) is 0.412. The van der Waals surface area contributed by atoms with Gasteiger partial charge in [-0.15, -0.1) is 0 Å². The highest BCUT2D eigenvalue weighted by Crippen LogP contribution is 2.26. The Balaban J connectivity index is 1.97. The van der Waals surface area contributed by atoms with Crippen LogP contribution in [0.2, 0.25) is 0 Å². The second-order valence-corrected chi connectivity index (χ2v) is 5.77. The number of nitrogens with one attached hydrogen (secondary N) is 1. The molecule has 0 spiro atoms. The van der Waals surface area contributed by atoms with Gasteiger partial charge in [-0.3, -0.25) is 0 Å². The zero-order chi connectivity index (χ0) is 13.2. The van der Waals surface area contributed by atoms with Gasteiger partial charge in [-0.05, 0) is 43.0 Å². The third-order valence-corrected chi connectivity index (χ3v) is 4.50. The van der Waals surface area contributed by atoms with E-state index in [0.29, 0.717) is 11.8 Å². The van der Waals surface area contributed by atoms with Crippen molar-refractivity contribution >= 4 is 10.8 Å². The Bertz CT molecular complexity index is 578. The molecule has 19 heavy (non-hydrogen) atoms. The average Bonchev–Trinajstić information content (AvgIpc) is 2.44. The topological polar surface area (TPSA) is 24.7 Å². The van der Waals surface area contributed by atoms with E-state index in [0.717, 1.165) is 12.1 Å². The minimum absolute atomic E-state index is 0.448. The van der Waals surface area contributed by atoms with Crippen molar-refractivity contribution in [3.8, 4) is 5.75 Å². The number of quaternary nitrogens is 1. The molecule has 2 aromatic rings. The number of rotatable bonds is 2. The summed E-state index contributed by atoms with van der Waals surface area (Å²) in [7, 11) is 0. The van der Waals surface area contributed by atoms with E-state index < -0.39 is 0 Å². The molecule has 2 unspecified atom stereocenters. The molecule has 100 valence electrons. The minimum atomic E-state index is 0.448. The van der Waals surface area contributed by atoms with Crippen molar-refractivity contribution in [2.24, 2.45) is 0 Å². The van der Waals surface area contributed by atoms with Crippen molar-refractivity contribution in [2.75, 3.05) is 6.54 Å². The number of hydrogen-bond donors (Lipinski definition) is 2. The zero-order valence-corrected chi connectivity index (χ0v) is 11.5. The van der Waals surface area contributed by atoms with E-state index in [4.69, 9.17) is 0 Å². The number of benzene rings is 2. The first-order chi connectivity index (χ1) is 9.25. The maximum Gasteiger partial charge on any atom is 0.125 e. The van der Waals surface area contributed by atoms with Crippen molar-refractivity contribution in [1.82, 2.24) is 0 Å². The molecule has 1 fully saturated rings. The lowest BCUT2D eigenvalue weighted by Gasteiger charge is -2.30. The molecular formula is C17H22NO+. The monoisotopic (exact) mass is 256 g/mol. The highest BCUT2D eigenvalue weighted by molar-refractivity contribution is 5.87. The van der Waals surface area contributed by atoms with Crippen LogP contribution in [0.4, 0.5) is 0 Å². The Morgan fingerprint density at radius 3 is 2.84 bits per heavy atom. The quantitative estimate of drug-likeness (QED) is 0.848. The van der Waals surface area contributed by atoms with Crippen LogP contribution in [0.5, 0.6) is 5.75 Å². The molecule has 0 saturated carbocycles. The van der Waals surface area contributed by atoms with E-state index in [2.05, 4.69) is 31.2 Å². The number of likely N-dealkylation sites (tertiary alicyclic amines) is 1. The largest absolute Gasteiger partial charge is 0.507 e. The molecule has 1 heterocycles. The standard InChI is InChI=1S/C17H21NO/c1-13-6-4-5-11-18(13)12-16-15-8-3-2-7-14(15)9-10-17(16)19/h2-3,7-10,13,19H,4-6,11-12H2,1H3/p+1. The molecule has 2 N–H and O–H groups in total. The summed E-state index contributed by atoms with van der Waals surface area (Å²) < 4.78 is 0. The molecule has 2 aromatic carbocycles. The summed E-state index contributed by atoms with van der Waals surface area (Å²) in [5.41, 5.74) is 1.11. The van der Waals surface area contributed by atoms with Gasteiger partial charge < -0.3 is 10.0 Å². The van der Waals surface area contributed by atoms with Crippen molar-refractivity contribution in [1.29, 1.82) is 0 Å². The number of hydrogen-bond acceptors (Lipinski definition) is 1. The molecule has 0 aromatic heterocycles. The van der Waals surface area contributed by atoms with Crippen LogP contribution in [0.25, 0.3) is 10.8 Å². The first kappa shape index (κ1) is 12.5. The van der Waals surface area contributed by atoms with Gasteiger partial charge in [0.05, 0.1) is 18.2 Å². The summed E-state index contributed by atoms with van der Waals surface area (Å²) in [5, 5.41) is 12.6. The summed E-state index contributed by atoms with van der Waals surface area (Å²) in [6, 6.07) is 12.9. The molecule has 1 aliphatic heterocycles. The predicted molar refractivity (Wildman–Crippen MR) is 78.5 cm³/mol. The van der Waals surface area contributed by atoms with Crippen molar-refractivity contribution in [3.63, 3.8) is 0 Å². The fourth-order valence-electron chi connectivity index (χ4n) is 3.25. The first-order valence-electron chi connectivity index (χ1n) is 7.30. The smallest absolute Gasteiger partial charge is 0.125 e. The molecule has 2 atom stereocenters. The van der Waals surface area contributed by atoms with E-state index in [1.54, 1.807) is 4.90 Å². The maximum atomic E-state index is 10.2.